The number of carbonyl (C=O) groups excluding carboxylic acids is 2. The Morgan fingerprint density at radius 2 is 1.59 bits per heavy atom. The van der Waals surface area contributed by atoms with Crippen molar-refractivity contribution in [3.05, 3.63) is 88.9 Å². The Bertz CT molecular complexity index is 986. The molecule has 5 nitrogen and oxygen atoms in total. The van der Waals surface area contributed by atoms with Gasteiger partial charge in [-0.2, -0.15) is 0 Å². The fourth-order valence-corrected chi connectivity index (χ4v) is 2.90. The fourth-order valence-electron chi connectivity index (χ4n) is 2.77. The van der Waals surface area contributed by atoms with Crippen molar-refractivity contribution in [2.45, 2.75) is 13.3 Å². The monoisotopic (exact) mass is 408 g/mol. The second-order valence-corrected chi connectivity index (χ2v) is 6.74. The molecule has 3 rings (SSSR count). The lowest BCUT2D eigenvalue weighted by atomic mass is 10.1. The van der Waals surface area contributed by atoms with E-state index in [9.17, 15) is 9.59 Å². The van der Waals surface area contributed by atoms with Crippen molar-refractivity contribution in [2.24, 2.45) is 0 Å². The molecule has 0 radical (unpaired) electrons. The van der Waals surface area contributed by atoms with Crippen LogP contribution >= 0.6 is 11.6 Å². The van der Waals surface area contributed by atoms with Gasteiger partial charge in [-0.25, -0.2) is 0 Å². The molecule has 0 saturated carbocycles. The summed E-state index contributed by atoms with van der Waals surface area (Å²) >= 11 is 5.87. The van der Waals surface area contributed by atoms with Crippen LogP contribution in [-0.4, -0.2) is 18.4 Å². The van der Waals surface area contributed by atoms with Gasteiger partial charge in [0.1, 0.15) is 5.75 Å². The zero-order chi connectivity index (χ0) is 20.6. The van der Waals surface area contributed by atoms with Crippen molar-refractivity contribution < 1.29 is 14.3 Å². The molecule has 0 aliphatic carbocycles. The number of amides is 2. The van der Waals surface area contributed by atoms with Gasteiger partial charge >= 0.3 is 0 Å². The average molecular weight is 409 g/mol. The predicted octanol–water partition coefficient (Wildman–Crippen LogP) is 5.17. The Labute approximate surface area is 174 Å². The lowest BCUT2D eigenvalue weighted by Gasteiger charge is -2.12. The summed E-state index contributed by atoms with van der Waals surface area (Å²) in [6, 6.07) is 21.1. The van der Waals surface area contributed by atoms with Crippen LogP contribution in [0.4, 0.5) is 11.4 Å². The van der Waals surface area contributed by atoms with E-state index in [1.165, 1.54) is 0 Å². The van der Waals surface area contributed by atoms with Crippen molar-refractivity contribution in [2.75, 3.05) is 17.2 Å². The maximum atomic E-state index is 12.7. The average Bonchev–Trinajstić information content (AvgIpc) is 2.72. The van der Waals surface area contributed by atoms with E-state index in [0.29, 0.717) is 28.6 Å². The molecule has 3 aromatic rings. The van der Waals surface area contributed by atoms with Gasteiger partial charge in [-0.05, 0) is 61.0 Å². The smallest absolute Gasteiger partial charge is 0.257 e. The van der Waals surface area contributed by atoms with Gasteiger partial charge in [-0.15, -0.1) is 0 Å². The molecule has 0 aromatic heterocycles. The number of rotatable bonds is 7. The standard InChI is InChI=1S/C23H21ClN2O3/c1-2-29-19-13-11-18(12-14-19)25-23(28)20-5-3-4-6-21(20)26-22(27)15-16-7-9-17(24)10-8-16/h3-14H,2,15H2,1H3,(H,25,28)(H,26,27). The first-order valence-corrected chi connectivity index (χ1v) is 9.60. The van der Waals surface area contributed by atoms with Gasteiger partial charge < -0.3 is 15.4 Å². The molecule has 0 aliphatic rings. The van der Waals surface area contributed by atoms with E-state index in [0.717, 1.165) is 11.3 Å². The second-order valence-electron chi connectivity index (χ2n) is 6.31. The van der Waals surface area contributed by atoms with Crippen molar-refractivity contribution in [1.29, 1.82) is 0 Å². The van der Waals surface area contributed by atoms with Gasteiger partial charge in [0.25, 0.3) is 5.91 Å². The van der Waals surface area contributed by atoms with E-state index in [4.69, 9.17) is 16.3 Å². The highest BCUT2D eigenvalue weighted by Crippen LogP contribution is 2.20. The Balaban J connectivity index is 1.68. The van der Waals surface area contributed by atoms with Crippen LogP contribution in [0, 0.1) is 0 Å². The fraction of sp³-hybridized carbons (Fsp3) is 0.130. The van der Waals surface area contributed by atoms with E-state index < -0.39 is 0 Å². The molecule has 0 atom stereocenters. The summed E-state index contributed by atoms with van der Waals surface area (Å²) in [5, 5.41) is 6.27. The molecule has 0 heterocycles. The molecule has 148 valence electrons. The van der Waals surface area contributed by atoms with E-state index in [2.05, 4.69) is 10.6 Å². The van der Waals surface area contributed by atoms with E-state index in [1.807, 2.05) is 6.92 Å². The van der Waals surface area contributed by atoms with Crippen LogP contribution in [-0.2, 0) is 11.2 Å². The number of hydrogen-bond donors (Lipinski definition) is 2. The van der Waals surface area contributed by atoms with Crippen molar-refractivity contribution in [3.63, 3.8) is 0 Å². The third-order valence-electron chi connectivity index (χ3n) is 4.15. The van der Waals surface area contributed by atoms with E-state index in [-0.39, 0.29) is 18.2 Å². The van der Waals surface area contributed by atoms with Crippen LogP contribution < -0.4 is 15.4 Å². The normalized spacial score (nSPS) is 10.3. The third-order valence-corrected chi connectivity index (χ3v) is 4.40. The van der Waals surface area contributed by atoms with E-state index >= 15 is 0 Å². The molecule has 0 bridgehead atoms. The van der Waals surface area contributed by atoms with Gasteiger partial charge in [-0.1, -0.05) is 35.9 Å². The first-order chi connectivity index (χ1) is 14.0. The molecule has 0 fully saturated rings. The summed E-state index contributed by atoms with van der Waals surface area (Å²) in [5.74, 6) is 0.213. The Morgan fingerprint density at radius 1 is 0.897 bits per heavy atom. The summed E-state index contributed by atoms with van der Waals surface area (Å²) in [6.07, 6.45) is 0.187. The largest absolute Gasteiger partial charge is 0.494 e. The predicted molar refractivity (Wildman–Crippen MR) is 116 cm³/mol. The molecule has 3 aromatic carbocycles. The number of ether oxygens (including phenoxy) is 1. The molecule has 2 amide bonds. The summed E-state index contributed by atoms with van der Waals surface area (Å²) < 4.78 is 5.40. The van der Waals surface area contributed by atoms with Crippen LogP contribution in [0.5, 0.6) is 5.75 Å². The highest BCUT2D eigenvalue weighted by Gasteiger charge is 2.14. The maximum Gasteiger partial charge on any atom is 0.257 e. The van der Waals surface area contributed by atoms with Crippen LogP contribution in [0.2, 0.25) is 5.02 Å². The molecule has 6 heteroatoms. The van der Waals surface area contributed by atoms with Gasteiger partial charge in [-0.3, -0.25) is 9.59 Å². The summed E-state index contributed by atoms with van der Waals surface area (Å²) in [5.41, 5.74) is 2.31. The minimum Gasteiger partial charge on any atom is -0.494 e. The van der Waals surface area contributed by atoms with Gasteiger partial charge in [0.2, 0.25) is 5.91 Å². The van der Waals surface area contributed by atoms with Crippen molar-refractivity contribution in [3.8, 4) is 5.75 Å². The van der Waals surface area contributed by atoms with Crippen LogP contribution in [0.1, 0.15) is 22.8 Å². The Kier molecular flexibility index (Phi) is 6.87. The number of benzene rings is 3. The Morgan fingerprint density at radius 3 is 2.28 bits per heavy atom. The summed E-state index contributed by atoms with van der Waals surface area (Å²) in [7, 11) is 0. The van der Waals surface area contributed by atoms with Gasteiger partial charge in [0, 0.05) is 10.7 Å². The lowest BCUT2D eigenvalue weighted by Crippen LogP contribution is -2.19. The number of nitrogens with one attached hydrogen (secondary N) is 2. The van der Waals surface area contributed by atoms with E-state index in [1.54, 1.807) is 72.8 Å². The summed E-state index contributed by atoms with van der Waals surface area (Å²) in [4.78, 5) is 25.1. The molecular formula is C23H21ClN2O3. The number of anilines is 2. The zero-order valence-corrected chi connectivity index (χ0v) is 16.7. The quantitative estimate of drug-likeness (QED) is 0.566. The molecular weight excluding hydrogens is 388 g/mol. The molecule has 0 aliphatic heterocycles. The minimum absolute atomic E-state index is 0.187. The van der Waals surface area contributed by atoms with Crippen LogP contribution in [0.3, 0.4) is 0 Å². The number of halogens is 1. The third kappa shape index (κ3) is 5.83. The van der Waals surface area contributed by atoms with Crippen LogP contribution in [0.25, 0.3) is 0 Å². The second kappa shape index (κ2) is 9.75. The first-order valence-electron chi connectivity index (χ1n) is 9.22. The zero-order valence-electron chi connectivity index (χ0n) is 15.9. The number of para-hydroxylation sites is 1. The number of hydrogen-bond acceptors (Lipinski definition) is 3. The van der Waals surface area contributed by atoms with Crippen LogP contribution in [0.15, 0.2) is 72.8 Å². The topological polar surface area (TPSA) is 67.4 Å². The molecule has 29 heavy (non-hydrogen) atoms. The number of carbonyl (C=O) groups is 2. The first kappa shape index (κ1) is 20.4. The maximum absolute atomic E-state index is 12.7. The highest BCUT2D eigenvalue weighted by atomic mass is 35.5. The van der Waals surface area contributed by atoms with Gasteiger partial charge in [0.15, 0.2) is 0 Å². The van der Waals surface area contributed by atoms with Gasteiger partial charge in [0.05, 0.1) is 24.3 Å². The molecule has 0 unspecified atom stereocenters. The summed E-state index contributed by atoms with van der Waals surface area (Å²) in [6.45, 7) is 2.49. The van der Waals surface area contributed by atoms with Crippen molar-refractivity contribution >= 4 is 34.8 Å². The molecule has 0 spiro atoms. The van der Waals surface area contributed by atoms with Crippen molar-refractivity contribution in [1.82, 2.24) is 0 Å². The SMILES string of the molecule is CCOc1ccc(NC(=O)c2ccccc2NC(=O)Cc2ccc(Cl)cc2)cc1. The lowest BCUT2D eigenvalue weighted by molar-refractivity contribution is -0.115. The minimum atomic E-state index is -0.309. The highest BCUT2D eigenvalue weighted by molar-refractivity contribution is 6.30. The Hall–Kier alpha value is -3.31. The molecule has 0 saturated heterocycles. The molecule has 2 N–H and O–H groups in total.